The zero-order chi connectivity index (χ0) is 18.9. The smallest absolute Gasteiger partial charge is 0.308 e. The van der Waals surface area contributed by atoms with Gasteiger partial charge in [0.05, 0.1) is 0 Å². The lowest BCUT2D eigenvalue weighted by molar-refractivity contribution is -0.143. The molecule has 0 aromatic rings. The van der Waals surface area contributed by atoms with Crippen molar-refractivity contribution in [3.63, 3.8) is 0 Å². The summed E-state index contributed by atoms with van der Waals surface area (Å²) in [5, 5.41) is 0. The Kier molecular flexibility index (Phi) is 5.74. The van der Waals surface area contributed by atoms with E-state index in [4.69, 9.17) is 9.47 Å². The largest absolute Gasteiger partial charge is 0.465 e. The second kappa shape index (κ2) is 6.73. The van der Waals surface area contributed by atoms with Crippen LogP contribution >= 0.6 is 0 Å². The van der Waals surface area contributed by atoms with Crippen LogP contribution < -0.4 is 0 Å². The molecule has 1 aliphatic rings. The van der Waals surface area contributed by atoms with Crippen molar-refractivity contribution >= 4 is 11.9 Å². The summed E-state index contributed by atoms with van der Waals surface area (Å²) < 4.78 is 11.0. The van der Waals surface area contributed by atoms with Gasteiger partial charge in [-0.1, -0.05) is 54.5 Å². The summed E-state index contributed by atoms with van der Waals surface area (Å²) in [6.45, 7) is 17.9. The third kappa shape index (κ3) is 5.22. The van der Waals surface area contributed by atoms with E-state index in [-0.39, 0.29) is 28.2 Å². The van der Waals surface area contributed by atoms with Crippen LogP contribution in [0.3, 0.4) is 0 Å². The standard InChI is InChI=1S/C20H32O4/c1-13(21)23-12-20(9)10-15(18(3,4)5)17(24-14(2)22)16(11-20)19(6,7)8/h10H,11-12H2,1-9H3. The van der Waals surface area contributed by atoms with Gasteiger partial charge in [-0.2, -0.15) is 0 Å². The molecule has 1 rings (SSSR count). The van der Waals surface area contributed by atoms with Crippen molar-refractivity contribution in [1.82, 2.24) is 0 Å². The highest BCUT2D eigenvalue weighted by Gasteiger charge is 2.40. The summed E-state index contributed by atoms with van der Waals surface area (Å²) in [4.78, 5) is 23.0. The van der Waals surface area contributed by atoms with Gasteiger partial charge < -0.3 is 9.47 Å². The number of hydrogen-bond donors (Lipinski definition) is 0. The Hall–Kier alpha value is -1.58. The first-order valence-corrected chi connectivity index (χ1v) is 8.45. The molecule has 0 amide bonds. The molecule has 0 fully saturated rings. The average Bonchev–Trinajstić information content (AvgIpc) is 2.35. The van der Waals surface area contributed by atoms with Gasteiger partial charge in [-0.25, -0.2) is 0 Å². The monoisotopic (exact) mass is 336 g/mol. The first-order valence-electron chi connectivity index (χ1n) is 8.45. The quantitative estimate of drug-likeness (QED) is 0.695. The number of esters is 2. The van der Waals surface area contributed by atoms with Gasteiger partial charge in [0, 0.05) is 19.3 Å². The van der Waals surface area contributed by atoms with E-state index in [1.165, 1.54) is 13.8 Å². The maximum absolute atomic E-state index is 11.7. The molecule has 0 aromatic carbocycles. The lowest BCUT2D eigenvalue weighted by atomic mass is 9.66. The molecule has 136 valence electrons. The Morgan fingerprint density at radius 3 is 1.96 bits per heavy atom. The minimum atomic E-state index is -0.319. The van der Waals surface area contributed by atoms with E-state index in [9.17, 15) is 9.59 Å². The van der Waals surface area contributed by atoms with Gasteiger partial charge >= 0.3 is 11.9 Å². The fraction of sp³-hybridized carbons (Fsp3) is 0.700. The van der Waals surface area contributed by atoms with Crippen LogP contribution in [0.15, 0.2) is 23.0 Å². The molecule has 1 aliphatic carbocycles. The minimum absolute atomic E-state index is 0.160. The van der Waals surface area contributed by atoms with Gasteiger partial charge in [-0.05, 0) is 28.4 Å². The highest BCUT2D eigenvalue weighted by Crippen LogP contribution is 2.49. The molecule has 0 radical (unpaired) electrons. The van der Waals surface area contributed by atoms with Crippen LogP contribution in [-0.4, -0.2) is 18.5 Å². The molecular formula is C20H32O4. The van der Waals surface area contributed by atoms with E-state index in [0.29, 0.717) is 18.8 Å². The van der Waals surface area contributed by atoms with E-state index < -0.39 is 0 Å². The molecule has 0 aliphatic heterocycles. The minimum Gasteiger partial charge on any atom is -0.465 e. The first kappa shape index (κ1) is 20.5. The van der Waals surface area contributed by atoms with Crippen LogP contribution in [0.2, 0.25) is 0 Å². The molecule has 0 spiro atoms. The number of hydrogen-bond acceptors (Lipinski definition) is 4. The van der Waals surface area contributed by atoms with Crippen molar-refractivity contribution in [3.8, 4) is 0 Å². The van der Waals surface area contributed by atoms with Gasteiger partial charge in [0.25, 0.3) is 0 Å². The summed E-state index contributed by atoms with van der Waals surface area (Å²) in [6.07, 6.45) is 2.80. The van der Waals surface area contributed by atoms with Crippen molar-refractivity contribution in [2.24, 2.45) is 16.2 Å². The van der Waals surface area contributed by atoms with Crippen molar-refractivity contribution in [1.29, 1.82) is 0 Å². The Morgan fingerprint density at radius 2 is 1.58 bits per heavy atom. The number of allylic oxidation sites excluding steroid dienone is 2. The molecular weight excluding hydrogens is 304 g/mol. The van der Waals surface area contributed by atoms with Gasteiger partial charge in [0.15, 0.2) is 0 Å². The molecule has 0 N–H and O–H groups in total. The Balaban J connectivity index is 3.50. The Morgan fingerprint density at radius 1 is 1.04 bits per heavy atom. The fourth-order valence-corrected chi connectivity index (χ4v) is 2.89. The van der Waals surface area contributed by atoms with E-state index in [2.05, 4.69) is 54.5 Å². The molecule has 0 aromatic heterocycles. The number of ether oxygens (including phenoxy) is 2. The van der Waals surface area contributed by atoms with Crippen LogP contribution in [0.5, 0.6) is 0 Å². The number of rotatable bonds is 3. The van der Waals surface area contributed by atoms with Crippen LogP contribution in [0.25, 0.3) is 0 Å². The Bertz CT molecular complexity index is 582. The number of carbonyl (C=O) groups is 2. The van der Waals surface area contributed by atoms with Crippen LogP contribution in [0.4, 0.5) is 0 Å². The molecule has 0 saturated heterocycles. The second-order valence-corrected chi connectivity index (χ2v) is 9.07. The average molecular weight is 336 g/mol. The van der Waals surface area contributed by atoms with Crippen molar-refractivity contribution in [2.45, 2.75) is 68.7 Å². The molecule has 0 bridgehead atoms. The van der Waals surface area contributed by atoms with Gasteiger partial charge in [-0.3, -0.25) is 9.59 Å². The Labute approximate surface area is 146 Å². The highest BCUT2D eigenvalue weighted by molar-refractivity contribution is 5.69. The SMILES string of the molecule is CC(=O)OCC1(C)C=C(C(C)(C)C)C(OC(C)=O)=C(C(C)(C)C)C1. The molecule has 1 atom stereocenters. The van der Waals surface area contributed by atoms with E-state index in [0.717, 1.165) is 11.1 Å². The van der Waals surface area contributed by atoms with Gasteiger partial charge in [0.2, 0.25) is 0 Å². The summed E-state index contributed by atoms with van der Waals surface area (Å²) >= 11 is 0. The predicted octanol–water partition coefficient (Wildman–Crippen LogP) is 4.80. The van der Waals surface area contributed by atoms with Crippen molar-refractivity contribution in [2.75, 3.05) is 6.61 Å². The first-order chi connectivity index (χ1) is 10.7. The zero-order valence-electron chi connectivity index (χ0n) is 16.6. The summed E-state index contributed by atoms with van der Waals surface area (Å²) in [7, 11) is 0. The third-order valence-electron chi connectivity index (χ3n) is 4.16. The van der Waals surface area contributed by atoms with Crippen LogP contribution in [0.1, 0.15) is 68.7 Å². The predicted molar refractivity (Wildman–Crippen MR) is 95.1 cm³/mol. The second-order valence-electron chi connectivity index (χ2n) is 9.07. The summed E-state index contributed by atoms with van der Waals surface area (Å²) in [5.74, 6) is 0.0855. The topological polar surface area (TPSA) is 52.6 Å². The van der Waals surface area contributed by atoms with Crippen LogP contribution in [0, 0.1) is 16.2 Å². The van der Waals surface area contributed by atoms with Crippen molar-refractivity contribution < 1.29 is 19.1 Å². The maximum atomic E-state index is 11.7. The van der Waals surface area contributed by atoms with E-state index in [1.807, 2.05) is 0 Å². The molecule has 0 saturated carbocycles. The lowest BCUT2D eigenvalue weighted by Gasteiger charge is -2.41. The molecule has 24 heavy (non-hydrogen) atoms. The number of carbonyl (C=O) groups excluding carboxylic acids is 2. The lowest BCUT2D eigenvalue weighted by Crippen LogP contribution is -2.33. The molecule has 1 unspecified atom stereocenters. The molecule has 0 heterocycles. The zero-order valence-corrected chi connectivity index (χ0v) is 16.6. The van der Waals surface area contributed by atoms with Gasteiger partial charge in [0.1, 0.15) is 12.4 Å². The van der Waals surface area contributed by atoms with Crippen LogP contribution in [-0.2, 0) is 19.1 Å². The normalized spacial score (nSPS) is 22.1. The van der Waals surface area contributed by atoms with E-state index >= 15 is 0 Å². The highest BCUT2D eigenvalue weighted by atomic mass is 16.5. The molecule has 4 heteroatoms. The maximum Gasteiger partial charge on any atom is 0.308 e. The van der Waals surface area contributed by atoms with E-state index in [1.54, 1.807) is 0 Å². The summed E-state index contributed by atoms with van der Waals surface area (Å²) in [6, 6.07) is 0. The fourth-order valence-electron chi connectivity index (χ4n) is 2.89. The van der Waals surface area contributed by atoms with Crippen molar-refractivity contribution in [3.05, 3.63) is 23.0 Å². The molecule has 4 nitrogen and oxygen atoms in total. The third-order valence-corrected chi connectivity index (χ3v) is 4.16. The van der Waals surface area contributed by atoms with Gasteiger partial charge in [-0.15, -0.1) is 0 Å². The summed E-state index contributed by atoms with van der Waals surface area (Å²) in [5.41, 5.74) is 1.40.